The maximum absolute atomic E-state index is 12.8. The zero-order valence-electron chi connectivity index (χ0n) is 15.3. The first-order chi connectivity index (χ1) is 13.0. The van der Waals surface area contributed by atoms with Crippen LogP contribution in [0.3, 0.4) is 0 Å². The number of carbonyl (C=O) groups excluding carboxylic acids is 3. The number of ether oxygens (including phenoxy) is 2. The monoisotopic (exact) mass is 387 g/mol. The Kier molecular flexibility index (Phi) is 5.91. The van der Waals surface area contributed by atoms with E-state index < -0.39 is 11.9 Å². The van der Waals surface area contributed by atoms with Crippen LogP contribution in [0.15, 0.2) is 24.3 Å². The van der Waals surface area contributed by atoms with E-state index in [0.29, 0.717) is 21.7 Å². The Bertz CT molecular complexity index is 886. The molecule has 1 aliphatic rings. The summed E-state index contributed by atoms with van der Waals surface area (Å²) in [5, 5.41) is 3.32. The summed E-state index contributed by atoms with van der Waals surface area (Å²) in [6.45, 7) is 1.46. The SMILES string of the molecule is COC(=O)c1cccc(COC(=O)c2c(NC(C)=O)sc3c2CCCC3)c1. The molecule has 0 saturated carbocycles. The predicted octanol–water partition coefficient (Wildman–Crippen LogP) is 3.73. The largest absolute Gasteiger partial charge is 0.465 e. The molecule has 1 aromatic carbocycles. The minimum absolute atomic E-state index is 0.0355. The molecule has 2 aromatic rings. The summed E-state index contributed by atoms with van der Waals surface area (Å²) >= 11 is 1.46. The van der Waals surface area contributed by atoms with E-state index in [1.165, 1.54) is 25.4 Å². The van der Waals surface area contributed by atoms with E-state index in [4.69, 9.17) is 9.47 Å². The molecule has 1 aliphatic carbocycles. The van der Waals surface area contributed by atoms with E-state index in [0.717, 1.165) is 36.1 Å². The summed E-state index contributed by atoms with van der Waals surface area (Å²) < 4.78 is 10.2. The van der Waals surface area contributed by atoms with Gasteiger partial charge in [0.1, 0.15) is 11.6 Å². The molecule has 0 saturated heterocycles. The van der Waals surface area contributed by atoms with Gasteiger partial charge >= 0.3 is 11.9 Å². The molecule has 1 heterocycles. The van der Waals surface area contributed by atoms with Crippen molar-refractivity contribution in [2.75, 3.05) is 12.4 Å². The van der Waals surface area contributed by atoms with Crippen molar-refractivity contribution in [3.8, 4) is 0 Å². The minimum Gasteiger partial charge on any atom is -0.465 e. The molecular weight excluding hydrogens is 366 g/mol. The van der Waals surface area contributed by atoms with Crippen LogP contribution < -0.4 is 5.32 Å². The molecule has 142 valence electrons. The normalized spacial score (nSPS) is 12.8. The van der Waals surface area contributed by atoms with Gasteiger partial charge in [0.2, 0.25) is 5.91 Å². The number of rotatable bonds is 5. The Hall–Kier alpha value is -2.67. The van der Waals surface area contributed by atoms with E-state index in [1.807, 2.05) is 0 Å². The molecule has 0 fully saturated rings. The summed E-state index contributed by atoms with van der Waals surface area (Å²) in [5.74, 6) is -1.11. The van der Waals surface area contributed by atoms with Gasteiger partial charge in [-0.15, -0.1) is 11.3 Å². The van der Waals surface area contributed by atoms with Crippen molar-refractivity contribution >= 4 is 34.2 Å². The Morgan fingerprint density at radius 2 is 1.93 bits per heavy atom. The highest BCUT2D eigenvalue weighted by molar-refractivity contribution is 7.17. The molecular formula is C20H21NO5S. The summed E-state index contributed by atoms with van der Waals surface area (Å²) in [4.78, 5) is 37.1. The number of hydrogen-bond donors (Lipinski definition) is 1. The van der Waals surface area contributed by atoms with Crippen LogP contribution in [-0.2, 0) is 33.7 Å². The van der Waals surface area contributed by atoms with Crippen LogP contribution in [0.1, 0.15) is 56.5 Å². The molecule has 0 bridgehead atoms. The highest BCUT2D eigenvalue weighted by atomic mass is 32.1. The van der Waals surface area contributed by atoms with Crippen LogP contribution in [-0.4, -0.2) is 25.0 Å². The van der Waals surface area contributed by atoms with Crippen LogP contribution in [0.5, 0.6) is 0 Å². The summed E-state index contributed by atoms with van der Waals surface area (Å²) in [6.07, 6.45) is 3.83. The molecule has 1 amide bonds. The van der Waals surface area contributed by atoms with Gasteiger partial charge in [0, 0.05) is 11.8 Å². The molecule has 3 rings (SSSR count). The number of hydrogen-bond acceptors (Lipinski definition) is 6. The first-order valence-corrected chi connectivity index (χ1v) is 9.57. The van der Waals surface area contributed by atoms with Crippen LogP contribution in [0.2, 0.25) is 0 Å². The zero-order valence-corrected chi connectivity index (χ0v) is 16.1. The Morgan fingerprint density at radius 3 is 2.67 bits per heavy atom. The molecule has 1 N–H and O–H groups in total. The molecule has 6 nitrogen and oxygen atoms in total. The number of nitrogens with one attached hydrogen (secondary N) is 1. The molecule has 1 aromatic heterocycles. The topological polar surface area (TPSA) is 81.7 Å². The quantitative estimate of drug-likeness (QED) is 0.791. The molecule has 7 heteroatoms. The molecule has 0 atom stereocenters. The lowest BCUT2D eigenvalue weighted by Gasteiger charge is -2.13. The van der Waals surface area contributed by atoms with Gasteiger partial charge in [-0.2, -0.15) is 0 Å². The predicted molar refractivity (Wildman–Crippen MR) is 102 cm³/mol. The lowest BCUT2D eigenvalue weighted by atomic mass is 9.95. The van der Waals surface area contributed by atoms with E-state index in [-0.39, 0.29) is 12.5 Å². The van der Waals surface area contributed by atoms with Gasteiger partial charge in [-0.25, -0.2) is 9.59 Å². The highest BCUT2D eigenvalue weighted by Crippen LogP contribution is 2.38. The molecule has 0 spiro atoms. The fraction of sp³-hybridized carbons (Fsp3) is 0.350. The summed E-state index contributed by atoms with van der Waals surface area (Å²) in [5.41, 5.74) is 2.55. The Balaban J connectivity index is 1.79. The average molecular weight is 387 g/mol. The third-order valence-electron chi connectivity index (χ3n) is 4.38. The number of thiophene rings is 1. The summed E-state index contributed by atoms with van der Waals surface area (Å²) in [7, 11) is 1.32. The zero-order chi connectivity index (χ0) is 19.4. The van der Waals surface area contributed by atoms with Crippen molar-refractivity contribution in [3.05, 3.63) is 51.4 Å². The van der Waals surface area contributed by atoms with E-state index in [2.05, 4.69) is 5.32 Å². The standard InChI is InChI=1S/C20H21NO5S/c1-12(22)21-18-17(15-8-3-4-9-16(15)27-18)20(24)26-11-13-6-5-7-14(10-13)19(23)25-2/h5-7,10H,3-4,8-9,11H2,1-2H3,(H,21,22). The van der Waals surface area contributed by atoms with Crippen LogP contribution in [0, 0.1) is 0 Å². The van der Waals surface area contributed by atoms with Crippen molar-refractivity contribution in [2.45, 2.75) is 39.2 Å². The smallest absolute Gasteiger partial charge is 0.341 e. The summed E-state index contributed by atoms with van der Waals surface area (Å²) in [6, 6.07) is 6.76. The second kappa shape index (κ2) is 8.35. The lowest BCUT2D eigenvalue weighted by molar-refractivity contribution is -0.114. The highest BCUT2D eigenvalue weighted by Gasteiger charge is 2.27. The molecule has 0 unspecified atom stereocenters. The van der Waals surface area contributed by atoms with Gasteiger partial charge in [-0.1, -0.05) is 12.1 Å². The fourth-order valence-electron chi connectivity index (χ4n) is 3.16. The number of carbonyl (C=O) groups is 3. The van der Waals surface area contributed by atoms with Crippen molar-refractivity contribution in [3.63, 3.8) is 0 Å². The van der Waals surface area contributed by atoms with E-state index in [9.17, 15) is 14.4 Å². The third-order valence-corrected chi connectivity index (χ3v) is 5.59. The van der Waals surface area contributed by atoms with Gasteiger partial charge in [-0.3, -0.25) is 4.79 Å². The number of anilines is 1. The van der Waals surface area contributed by atoms with Gasteiger partial charge in [0.25, 0.3) is 0 Å². The Labute approximate surface area is 161 Å². The average Bonchev–Trinajstić information content (AvgIpc) is 3.02. The van der Waals surface area contributed by atoms with Crippen LogP contribution >= 0.6 is 11.3 Å². The van der Waals surface area contributed by atoms with Crippen molar-refractivity contribution in [2.24, 2.45) is 0 Å². The number of methoxy groups -OCH3 is 1. The lowest BCUT2D eigenvalue weighted by Crippen LogP contribution is -2.13. The van der Waals surface area contributed by atoms with Crippen molar-refractivity contribution < 1.29 is 23.9 Å². The van der Waals surface area contributed by atoms with Gasteiger partial charge < -0.3 is 14.8 Å². The number of fused-ring (bicyclic) bond motifs is 1. The van der Waals surface area contributed by atoms with E-state index >= 15 is 0 Å². The third kappa shape index (κ3) is 4.36. The number of aryl methyl sites for hydroxylation is 1. The Morgan fingerprint density at radius 1 is 1.15 bits per heavy atom. The van der Waals surface area contributed by atoms with Gasteiger partial charge in [0.15, 0.2) is 0 Å². The maximum atomic E-state index is 12.8. The first kappa shape index (κ1) is 19.1. The molecule has 0 aliphatic heterocycles. The maximum Gasteiger partial charge on any atom is 0.341 e. The van der Waals surface area contributed by atoms with Gasteiger partial charge in [-0.05, 0) is 48.9 Å². The second-order valence-electron chi connectivity index (χ2n) is 6.36. The van der Waals surface area contributed by atoms with Crippen LogP contribution in [0.25, 0.3) is 0 Å². The minimum atomic E-state index is -0.457. The number of benzene rings is 1. The van der Waals surface area contributed by atoms with Crippen molar-refractivity contribution in [1.82, 2.24) is 0 Å². The second-order valence-corrected chi connectivity index (χ2v) is 7.47. The molecule has 0 radical (unpaired) electrons. The number of amides is 1. The van der Waals surface area contributed by atoms with Crippen molar-refractivity contribution in [1.29, 1.82) is 0 Å². The fourth-order valence-corrected chi connectivity index (χ4v) is 4.48. The van der Waals surface area contributed by atoms with Gasteiger partial charge in [0.05, 0.1) is 18.2 Å². The first-order valence-electron chi connectivity index (χ1n) is 8.76. The number of esters is 2. The van der Waals surface area contributed by atoms with Crippen LogP contribution in [0.4, 0.5) is 5.00 Å². The molecule has 27 heavy (non-hydrogen) atoms. The van der Waals surface area contributed by atoms with E-state index in [1.54, 1.807) is 24.3 Å².